The van der Waals surface area contributed by atoms with Crippen LogP contribution in [0, 0.1) is 11.6 Å². The molecule has 2 aliphatic rings. The molecule has 27 heavy (non-hydrogen) atoms. The van der Waals surface area contributed by atoms with Gasteiger partial charge in [-0.05, 0) is 26.0 Å². The van der Waals surface area contributed by atoms with Crippen molar-refractivity contribution in [3.8, 4) is 0 Å². The summed E-state index contributed by atoms with van der Waals surface area (Å²) in [6, 6.07) is 2.97. The Hall–Kier alpha value is -2.81. The van der Waals surface area contributed by atoms with Gasteiger partial charge in [-0.15, -0.1) is 0 Å². The first kappa shape index (κ1) is 19.0. The Balaban J connectivity index is 1.72. The number of hydrogen-bond acceptors (Lipinski definition) is 6. The molecule has 0 spiro atoms. The van der Waals surface area contributed by atoms with Crippen LogP contribution in [0.25, 0.3) is 0 Å². The zero-order chi connectivity index (χ0) is 19.6. The number of esters is 1. The number of carbonyl (C=O) groups is 2. The van der Waals surface area contributed by atoms with E-state index in [0.717, 1.165) is 18.2 Å². The number of hydrogen-bond donors (Lipinski definition) is 1. The number of oxime groups is 1. The molecule has 0 radical (unpaired) electrons. The first-order valence-corrected chi connectivity index (χ1v) is 8.32. The van der Waals surface area contributed by atoms with E-state index in [1.165, 1.54) is 6.92 Å². The van der Waals surface area contributed by atoms with E-state index in [-0.39, 0.29) is 43.1 Å². The third-order valence-electron chi connectivity index (χ3n) is 4.18. The molecule has 7 nitrogen and oxygen atoms in total. The normalized spacial score (nSPS) is 21.7. The van der Waals surface area contributed by atoms with Crippen molar-refractivity contribution in [2.45, 2.75) is 25.9 Å². The molecule has 0 fully saturated rings. The van der Waals surface area contributed by atoms with E-state index in [0.29, 0.717) is 5.70 Å². The van der Waals surface area contributed by atoms with E-state index in [1.807, 2.05) is 0 Å². The summed E-state index contributed by atoms with van der Waals surface area (Å²) in [6.07, 6.45) is 0.00457. The molecule has 0 aromatic heterocycles. The van der Waals surface area contributed by atoms with Crippen molar-refractivity contribution in [3.63, 3.8) is 0 Å². The van der Waals surface area contributed by atoms with Crippen LogP contribution in [-0.2, 0) is 23.9 Å². The zero-order valence-corrected chi connectivity index (χ0v) is 14.8. The number of rotatable bonds is 5. The Bertz CT molecular complexity index is 832. The van der Waals surface area contributed by atoms with Crippen LogP contribution in [0.2, 0.25) is 0 Å². The minimum atomic E-state index is -1.40. The molecule has 1 N–H and O–H groups in total. The summed E-state index contributed by atoms with van der Waals surface area (Å²) >= 11 is 0. The number of nitrogens with one attached hydrogen (secondary N) is 1. The average molecular weight is 380 g/mol. The molecular weight excluding hydrogens is 362 g/mol. The number of amides is 1. The van der Waals surface area contributed by atoms with Crippen LogP contribution >= 0.6 is 0 Å². The summed E-state index contributed by atoms with van der Waals surface area (Å²) in [5.74, 6) is -2.62. The standard InChI is InChI=1S/C18H18F2N2O5/c1-3-26-16(23)13-8-25-9-15(13)21-17(24)18(2)7-14(22-27-18)10-4-11(19)6-12(20)5-10/h4-6H,3,7-9H2,1-2H3,(H,21,24). The van der Waals surface area contributed by atoms with Gasteiger partial charge in [0.1, 0.15) is 11.6 Å². The maximum absolute atomic E-state index is 13.4. The highest BCUT2D eigenvalue weighted by atomic mass is 19.1. The van der Waals surface area contributed by atoms with Crippen LogP contribution in [0.5, 0.6) is 0 Å². The fraction of sp³-hybridized carbons (Fsp3) is 0.389. The highest BCUT2D eigenvalue weighted by Gasteiger charge is 2.43. The maximum atomic E-state index is 13.4. The Labute approximate surface area is 154 Å². The quantitative estimate of drug-likeness (QED) is 0.788. The average Bonchev–Trinajstić information content (AvgIpc) is 3.22. The Morgan fingerprint density at radius 3 is 2.63 bits per heavy atom. The van der Waals surface area contributed by atoms with Gasteiger partial charge in [0, 0.05) is 18.1 Å². The van der Waals surface area contributed by atoms with Crippen LogP contribution in [0.15, 0.2) is 34.6 Å². The Morgan fingerprint density at radius 2 is 1.96 bits per heavy atom. The first-order chi connectivity index (χ1) is 12.8. The monoisotopic (exact) mass is 380 g/mol. The van der Waals surface area contributed by atoms with Gasteiger partial charge in [0.15, 0.2) is 0 Å². The van der Waals surface area contributed by atoms with Crippen LogP contribution in [-0.4, -0.2) is 43.0 Å². The highest BCUT2D eigenvalue weighted by Crippen LogP contribution is 2.28. The van der Waals surface area contributed by atoms with Crippen LogP contribution in [0.3, 0.4) is 0 Å². The molecule has 0 saturated carbocycles. The topological polar surface area (TPSA) is 86.2 Å². The van der Waals surface area contributed by atoms with Gasteiger partial charge in [-0.2, -0.15) is 0 Å². The number of carbonyl (C=O) groups excluding carboxylic acids is 2. The lowest BCUT2D eigenvalue weighted by Crippen LogP contribution is -2.45. The molecule has 0 aliphatic carbocycles. The van der Waals surface area contributed by atoms with Crippen molar-refractivity contribution in [2.75, 3.05) is 19.8 Å². The molecule has 1 atom stereocenters. The van der Waals surface area contributed by atoms with E-state index in [4.69, 9.17) is 14.3 Å². The van der Waals surface area contributed by atoms with Gasteiger partial charge < -0.3 is 19.6 Å². The van der Waals surface area contributed by atoms with Gasteiger partial charge in [-0.25, -0.2) is 13.6 Å². The second kappa shape index (κ2) is 7.43. The number of benzene rings is 1. The molecule has 3 rings (SSSR count). The number of ether oxygens (including phenoxy) is 2. The van der Waals surface area contributed by atoms with E-state index in [9.17, 15) is 18.4 Å². The molecule has 144 valence electrons. The van der Waals surface area contributed by atoms with Crippen molar-refractivity contribution in [1.29, 1.82) is 0 Å². The SMILES string of the molecule is CCOC(=O)C1=C(NC(=O)C2(C)CC(c3cc(F)cc(F)c3)=NO2)COC1. The molecule has 0 bridgehead atoms. The Morgan fingerprint density at radius 1 is 1.26 bits per heavy atom. The molecule has 1 amide bonds. The largest absolute Gasteiger partial charge is 0.463 e. The number of halogens is 2. The van der Waals surface area contributed by atoms with Crippen molar-refractivity contribution in [2.24, 2.45) is 5.16 Å². The van der Waals surface area contributed by atoms with E-state index in [1.54, 1.807) is 6.92 Å². The third kappa shape index (κ3) is 3.97. The van der Waals surface area contributed by atoms with Crippen molar-refractivity contribution in [1.82, 2.24) is 5.32 Å². The summed E-state index contributed by atoms with van der Waals surface area (Å²) in [5.41, 5.74) is -0.422. The van der Waals surface area contributed by atoms with Crippen molar-refractivity contribution < 1.29 is 32.7 Å². The number of nitrogens with zero attached hydrogens (tertiary/aromatic N) is 1. The minimum absolute atomic E-state index is 0.00457. The molecule has 1 aromatic rings. The van der Waals surface area contributed by atoms with Crippen molar-refractivity contribution >= 4 is 17.6 Å². The fourth-order valence-corrected chi connectivity index (χ4v) is 2.75. The van der Waals surface area contributed by atoms with Crippen LogP contribution < -0.4 is 5.32 Å². The van der Waals surface area contributed by atoms with E-state index < -0.39 is 29.1 Å². The third-order valence-corrected chi connectivity index (χ3v) is 4.18. The molecule has 1 aromatic carbocycles. The lowest BCUT2D eigenvalue weighted by atomic mass is 9.95. The first-order valence-electron chi connectivity index (χ1n) is 8.32. The summed E-state index contributed by atoms with van der Waals surface area (Å²) in [4.78, 5) is 29.8. The van der Waals surface area contributed by atoms with Gasteiger partial charge in [0.25, 0.3) is 5.91 Å². The van der Waals surface area contributed by atoms with E-state index >= 15 is 0 Å². The molecule has 1 unspecified atom stereocenters. The summed E-state index contributed by atoms with van der Waals surface area (Å²) < 4.78 is 37.0. The van der Waals surface area contributed by atoms with Gasteiger partial charge in [0.05, 0.1) is 36.8 Å². The van der Waals surface area contributed by atoms with Gasteiger partial charge in [0.2, 0.25) is 5.60 Å². The second-order valence-electron chi connectivity index (χ2n) is 6.32. The summed E-state index contributed by atoms with van der Waals surface area (Å²) in [7, 11) is 0. The Kier molecular flexibility index (Phi) is 5.22. The second-order valence-corrected chi connectivity index (χ2v) is 6.32. The smallest absolute Gasteiger partial charge is 0.338 e. The highest BCUT2D eigenvalue weighted by molar-refractivity contribution is 6.05. The van der Waals surface area contributed by atoms with Gasteiger partial charge in [-0.1, -0.05) is 5.16 Å². The lowest BCUT2D eigenvalue weighted by molar-refractivity contribution is -0.141. The summed E-state index contributed by atoms with van der Waals surface area (Å²) in [6.45, 7) is 3.46. The molecule has 0 saturated heterocycles. The lowest BCUT2D eigenvalue weighted by Gasteiger charge is -2.21. The zero-order valence-electron chi connectivity index (χ0n) is 14.8. The molecule has 9 heteroatoms. The maximum Gasteiger partial charge on any atom is 0.338 e. The predicted octanol–water partition coefficient (Wildman–Crippen LogP) is 1.81. The van der Waals surface area contributed by atoms with Crippen molar-refractivity contribution in [3.05, 3.63) is 46.7 Å². The van der Waals surface area contributed by atoms with Gasteiger partial charge >= 0.3 is 5.97 Å². The van der Waals surface area contributed by atoms with E-state index in [2.05, 4.69) is 10.5 Å². The predicted molar refractivity (Wildman–Crippen MR) is 89.6 cm³/mol. The van der Waals surface area contributed by atoms with Crippen LogP contribution in [0.4, 0.5) is 8.78 Å². The minimum Gasteiger partial charge on any atom is -0.463 e. The molecular formula is C18H18F2N2O5. The fourth-order valence-electron chi connectivity index (χ4n) is 2.75. The van der Waals surface area contributed by atoms with Crippen LogP contribution in [0.1, 0.15) is 25.8 Å². The summed E-state index contributed by atoms with van der Waals surface area (Å²) in [5, 5.41) is 6.42. The van der Waals surface area contributed by atoms with Gasteiger partial charge in [-0.3, -0.25) is 4.79 Å². The molecule has 2 aliphatic heterocycles. The molecule has 2 heterocycles.